The minimum atomic E-state index is -0.193. The van der Waals surface area contributed by atoms with E-state index < -0.39 is 0 Å². The molecule has 1 amide bonds. The molecule has 2 aromatic heterocycles. The smallest absolute Gasteiger partial charge is 0.240 e. The predicted molar refractivity (Wildman–Crippen MR) is 65.6 cm³/mol. The molecule has 9 nitrogen and oxygen atoms in total. The molecule has 0 aliphatic carbocycles. The highest BCUT2D eigenvalue weighted by Gasteiger charge is 2.06. The first-order valence-electron chi connectivity index (χ1n) is 5.72. The summed E-state index contributed by atoms with van der Waals surface area (Å²) in [6, 6.07) is 0. The van der Waals surface area contributed by atoms with E-state index >= 15 is 0 Å². The Hall–Kier alpha value is -2.42. The molecule has 0 spiro atoms. The molecule has 2 rings (SSSR count). The molecular formula is C10H15N7O2. The normalized spacial score (nSPS) is 10.6. The van der Waals surface area contributed by atoms with Crippen LogP contribution in [-0.4, -0.2) is 42.2 Å². The minimum absolute atomic E-state index is 0.00490. The van der Waals surface area contributed by atoms with E-state index in [1.807, 2.05) is 0 Å². The van der Waals surface area contributed by atoms with E-state index in [4.69, 9.17) is 10.8 Å². The zero-order valence-corrected chi connectivity index (χ0v) is 10.2. The SMILES string of the molecule is Nc1nccn1CC(=O)NCc1cn(CCO)nn1. The monoisotopic (exact) mass is 265 g/mol. The van der Waals surface area contributed by atoms with E-state index in [0.29, 0.717) is 18.2 Å². The fraction of sp³-hybridized carbons (Fsp3) is 0.400. The van der Waals surface area contributed by atoms with E-state index in [1.165, 1.54) is 15.4 Å². The number of carbonyl (C=O) groups is 1. The highest BCUT2D eigenvalue weighted by molar-refractivity contribution is 5.75. The van der Waals surface area contributed by atoms with Crippen molar-refractivity contribution < 1.29 is 9.90 Å². The lowest BCUT2D eigenvalue weighted by molar-refractivity contribution is -0.121. The lowest BCUT2D eigenvalue weighted by Gasteiger charge is -2.05. The van der Waals surface area contributed by atoms with Crippen LogP contribution >= 0.6 is 0 Å². The van der Waals surface area contributed by atoms with Crippen LogP contribution in [0.4, 0.5) is 5.95 Å². The summed E-state index contributed by atoms with van der Waals surface area (Å²) in [7, 11) is 0. The second-order valence-corrected chi connectivity index (χ2v) is 3.89. The molecule has 0 unspecified atom stereocenters. The molecule has 0 aliphatic heterocycles. The second-order valence-electron chi connectivity index (χ2n) is 3.89. The second kappa shape index (κ2) is 5.96. The highest BCUT2D eigenvalue weighted by atomic mass is 16.3. The van der Waals surface area contributed by atoms with E-state index in [0.717, 1.165) is 0 Å². The molecule has 0 bridgehead atoms. The third-order valence-corrected chi connectivity index (χ3v) is 2.44. The Bertz CT molecular complexity index is 548. The fourth-order valence-corrected chi connectivity index (χ4v) is 1.51. The lowest BCUT2D eigenvalue weighted by atomic mass is 10.4. The van der Waals surface area contributed by atoms with Gasteiger partial charge in [0.05, 0.1) is 25.9 Å². The third-order valence-electron chi connectivity index (χ3n) is 2.44. The number of imidazole rings is 1. The number of nitrogens with two attached hydrogens (primary N) is 1. The van der Waals surface area contributed by atoms with E-state index in [9.17, 15) is 4.79 Å². The number of hydrogen-bond donors (Lipinski definition) is 3. The van der Waals surface area contributed by atoms with Crippen molar-refractivity contribution in [1.29, 1.82) is 0 Å². The number of nitrogens with zero attached hydrogens (tertiary/aromatic N) is 5. The Morgan fingerprint density at radius 3 is 3.05 bits per heavy atom. The average Bonchev–Trinajstić information content (AvgIpc) is 2.98. The fourth-order valence-electron chi connectivity index (χ4n) is 1.51. The van der Waals surface area contributed by atoms with Crippen molar-refractivity contribution in [3.8, 4) is 0 Å². The molecule has 0 saturated heterocycles. The standard InChI is InChI=1S/C10H15N7O2/c11-10-12-1-2-16(10)7-9(19)13-5-8-6-17(3-4-18)15-14-8/h1-2,6,18H,3-5,7H2,(H2,11,12)(H,13,19). The summed E-state index contributed by atoms with van der Waals surface area (Å²) in [6.45, 7) is 0.761. The number of nitrogens with one attached hydrogen (secondary N) is 1. The number of aliphatic hydroxyl groups is 1. The molecule has 0 saturated carbocycles. The summed E-state index contributed by atoms with van der Waals surface area (Å²) in [4.78, 5) is 15.5. The number of hydrogen-bond acceptors (Lipinski definition) is 6. The van der Waals surface area contributed by atoms with Crippen LogP contribution in [0.15, 0.2) is 18.6 Å². The van der Waals surface area contributed by atoms with Crippen LogP contribution in [0.2, 0.25) is 0 Å². The molecule has 0 radical (unpaired) electrons. The molecular weight excluding hydrogens is 250 g/mol. The van der Waals surface area contributed by atoms with Crippen molar-refractivity contribution in [2.75, 3.05) is 12.3 Å². The van der Waals surface area contributed by atoms with Crippen LogP contribution in [0, 0.1) is 0 Å². The van der Waals surface area contributed by atoms with Gasteiger partial charge in [0.1, 0.15) is 12.2 Å². The summed E-state index contributed by atoms with van der Waals surface area (Å²) in [5.74, 6) is 0.102. The van der Waals surface area contributed by atoms with Gasteiger partial charge in [-0.05, 0) is 0 Å². The molecule has 102 valence electrons. The molecule has 9 heteroatoms. The largest absolute Gasteiger partial charge is 0.394 e. The van der Waals surface area contributed by atoms with Gasteiger partial charge in [0.2, 0.25) is 11.9 Å². The number of nitrogen functional groups attached to an aromatic ring is 1. The van der Waals surface area contributed by atoms with Gasteiger partial charge in [0.25, 0.3) is 0 Å². The summed E-state index contributed by atoms with van der Waals surface area (Å²) in [5.41, 5.74) is 6.18. The Balaban J connectivity index is 1.81. The maximum Gasteiger partial charge on any atom is 0.240 e. The van der Waals surface area contributed by atoms with Gasteiger partial charge in [-0.25, -0.2) is 9.67 Å². The van der Waals surface area contributed by atoms with Crippen molar-refractivity contribution in [2.45, 2.75) is 19.6 Å². The van der Waals surface area contributed by atoms with Crippen LogP contribution in [0.5, 0.6) is 0 Å². The summed E-state index contributed by atoms with van der Waals surface area (Å²) in [5, 5.41) is 19.1. The Morgan fingerprint density at radius 1 is 1.53 bits per heavy atom. The summed E-state index contributed by atoms with van der Waals surface area (Å²) < 4.78 is 3.05. The maximum absolute atomic E-state index is 11.7. The van der Waals surface area contributed by atoms with Crippen LogP contribution in [0.1, 0.15) is 5.69 Å². The summed E-state index contributed by atoms with van der Waals surface area (Å²) in [6.07, 6.45) is 4.83. The number of amides is 1. The molecule has 0 aliphatic rings. The van der Waals surface area contributed by atoms with Gasteiger partial charge in [-0.1, -0.05) is 5.21 Å². The molecule has 2 aromatic rings. The molecule has 0 aromatic carbocycles. The van der Waals surface area contributed by atoms with Gasteiger partial charge in [-0.2, -0.15) is 0 Å². The van der Waals surface area contributed by atoms with Crippen molar-refractivity contribution >= 4 is 11.9 Å². The zero-order valence-electron chi connectivity index (χ0n) is 10.2. The maximum atomic E-state index is 11.7. The van der Waals surface area contributed by atoms with Gasteiger partial charge in [-0.3, -0.25) is 4.79 Å². The number of rotatable bonds is 6. The number of carbonyl (C=O) groups excluding carboxylic acids is 1. The van der Waals surface area contributed by atoms with E-state index in [1.54, 1.807) is 12.4 Å². The third kappa shape index (κ3) is 3.52. The minimum Gasteiger partial charge on any atom is -0.394 e. The Morgan fingerprint density at radius 2 is 2.37 bits per heavy atom. The van der Waals surface area contributed by atoms with Crippen molar-refractivity contribution in [1.82, 2.24) is 29.9 Å². The lowest BCUT2D eigenvalue weighted by Crippen LogP contribution is -2.27. The number of anilines is 1. The highest BCUT2D eigenvalue weighted by Crippen LogP contribution is 1.98. The zero-order chi connectivity index (χ0) is 13.7. The average molecular weight is 265 g/mol. The van der Waals surface area contributed by atoms with Crippen LogP contribution in [0.25, 0.3) is 0 Å². The van der Waals surface area contributed by atoms with Gasteiger partial charge >= 0.3 is 0 Å². The van der Waals surface area contributed by atoms with Crippen molar-refractivity contribution in [2.24, 2.45) is 0 Å². The van der Waals surface area contributed by atoms with Gasteiger partial charge < -0.3 is 20.7 Å². The molecule has 19 heavy (non-hydrogen) atoms. The van der Waals surface area contributed by atoms with E-state index in [-0.39, 0.29) is 25.6 Å². The summed E-state index contributed by atoms with van der Waals surface area (Å²) >= 11 is 0. The van der Waals surface area contributed by atoms with Crippen molar-refractivity contribution in [3.05, 3.63) is 24.3 Å². The Kier molecular flexibility index (Phi) is 4.08. The number of aliphatic hydroxyl groups excluding tert-OH is 1. The van der Waals surface area contributed by atoms with Crippen LogP contribution < -0.4 is 11.1 Å². The van der Waals surface area contributed by atoms with Crippen molar-refractivity contribution in [3.63, 3.8) is 0 Å². The topological polar surface area (TPSA) is 124 Å². The predicted octanol–water partition coefficient (Wildman–Crippen LogP) is -1.63. The first-order chi connectivity index (χ1) is 9.19. The molecule has 0 atom stereocenters. The molecule has 2 heterocycles. The first-order valence-corrected chi connectivity index (χ1v) is 5.72. The van der Waals surface area contributed by atoms with Crippen LogP contribution in [0.3, 0.4) is 0 Å². The first kappa shape index (κ1) is 13.0. The van der Waals surface area contributed by atoms with Gasteiger partial charge in [-0.15, -0.1) is 5.10 Å². The van der Waals surface area contributed by atoms with E-state index in [2.05, 4.69) is 20.6 Å². The van der Waals surface area contributed by atoms with Crippen LogP contribution in [-0.2, 0) is 24.4 Å². The number of aromatic nitrogens is 5. The Labute approximate surface area is 109 Å². The van der Waals surface area contributed by atoms with Gasteiger partial charge in [0.15, 0.2) is 0 Å². The molecule has 0 fully saturated rings. The quantitative estimate of drug-likeness (QED) is 0.576. The van der Waals surface area contributed by atoms with Gasteiger partial charge in [0, 0.05) is 12.4 Å². The molecule has 4 N–H and O–H groups in total.